The molecule has 1 heterocycles. The van der Waals surface area contributed by atoms with E-state index in [0.29, 0.717) is 13.2 Å². The van der Waals surface area contributed by atoms with Crippen molar-refractivity contribution in [2.24, 2.45) is 0 Å². The first-order valence-electron chi connectivity index (χ1n) is 8.33. The van der Waals surface area contributed by atoms with Crippen molar-refractivity contribution < 1.29 is 9.84 Å². The summed E-state index contributed by atoms with van der Waals surface area (Å²) in [7, 11) is 0. The molecule has 22 heavy (non-hydrogen) atoms. The van der Waals surface area contributed by atoms with Gasteiger partial charge in [0.25, 0.3) is 0 Å². The summed E-state index contributed by atoms with van der Waals surface area (Å²) in [5.74, 6) is 0. The zero-order valence-corrected chi connectivity index (χ0v) is 14.2. The quantitative estimate of drug-likeness (QED) is 0.835. The number of hydrogen-bond acceptors (Lipinski definition) is 4. The Morgan fingerprint density at radius 3 is 2.23 bits per heavy atom. The highest BCUT2D eigenvalue weighted by molar-refractivity contribution is 5.21. The summed E-state index contributed by atoms with van der Waals surface area (Å²) in [6, 6.07) is 8.79. The van der Waals surface area contributed by atoms with Gasteiger partial charge in [0.1, 0.15) is 0 Å². The minimum Gasteiger partial charge on any atom is -0.389 e. The first-order valence-corrected chi connectivity index (χ1v) is 8.33. The van der Waals surface area contributed by atoms with E-state index in [0.717, 1.165) is 32.7 Å². The predicted octanol–water partition coefficient (Wildman–Crippen LogP) is 1.90. The Labute approximate surface area is 134 Å². The van der Waals surface area contributed by atoms with Crippen molar-refractivity contribution in [3.8, 4) is 0 Å². The van der Waals surface area contributed by atoms with Gasteiger partial charge in [0.2, 0.25) is 0 Å². The van der Waals surface area contributed by atoms with Gasteiger partial charge in [-0.3, -0.25) is 9.80 Å². The molecule has 124 valence electrons. The first-order chi connectivity index (χ1) is 10.5. The van der Waals surface area contributed by atoms with Gasteiger partial charge in [-0.05, 0) is 26.3 Å². The Bertz CT molecular complexity index is 425. The van der Waals surface area contributed by atoms with Crippen LogP contribution in [0.15, 0.2) is 24.3 Å². The lowest BCUT2D eigenvalue weighted by Gasteiger charge is -2.35. The van der Waals surface area contributed by atoms with Crippen LogP contribution in [0.5, 0.6) is 0 Å². The van der Waals surface area contributed by atoms with Crippen molar-refractivity contribution >= 4 is 0 Å². The van der Waals surface area contributed by atoms with Crippen molar-refractivity contribution in [2.45, 2.75) is 39.5 Å². The molecule has 1 fully saturated rings. The fraction of sp³-hybridized carbons (Fsp3) is 0.667. The van der Waals surface area contributed by atoms with Crippen LogP contribution in [0.1, 0.15) is 25.0 Å². The lowest BCUT2D eigenvalue weighted by molar-refractivity contribution is -0.0148. The van der Waals surface area contributed by atoms with Crippen LogP contribution >= 0.6 is 0 Å². The van der Waals surface area contributed by atoms with Crippen LogP contribution in [-0.2, 0) is 11.3 Å². The van der Waals surface area contributed by atoms with E-state index in [1.54, 1.807) is 0 Å². The number of hydrogen-bond donors (Lipinski definition) is 1. The summed E-state index contributed by atoms with van der Waals surface area (Å²) >= 11 is 0. The lowest BCUT2D eigenvalue weighted by Crippen LogP contribution is -2.48. The summed E-state index contributed by atoms with van der Waals surface area (Å²) in [4.78, 5) is 4.82. The summed E-state index contributed by atoms with van der Waals surface area (Å²) in [5.41, 5.74) is 2.69. The fourth-order valence-electron chi connectivity index (χ4n) is 2.74. The molecule has 4 heteroatoms. The molecular weight excluding hydrogens is 276 g/mol. The van der Waals surface area contributed by atoms with Gasteiger partial charge in [-0.1, -0.05) is 29.8 Å². The molecule has 0 amide bonds. The third-order valence-corrected chi connectivity index (χ3v) is 4.08. The van der Waals surface area contributed by atoms with E-state index < -0.39 is 0 Å². The fourth-order valence-corrected chi connectivity index (χ4v) is 2.74. The van der Waals surface area contributed by atoms with Gasteiger partial charge < -0.3 is 9.84 Å². The summed E-state index contributed by atoms with van der Waals surface area (Å²) in [5, 5.41) is 10.00. The number of ether oxygens (including phenoxy) is 1. The molecular formula is C18H30N2O2. The Hall–Kier alpha value is -0.940. The molecule has 1 unspecified atom stereocenters. The van der Waals surface area contributed by atoms with Crippen molar-refractivity contribution in [2.75, 3.05) is 39.3 Å². The molecule has 2 rings (SSSR count). The van der Waals surface area contributed by atoms with Gasteiger partial charge in [-0.15, -0.1) is 0 Å². The maximum absolute atomic E-state index is 10.00. The summed E-state index contributed by atoms with van der Waals surface area (Å²) in [6.07, 6.45) is -0.202. The maximum atomic E-state index is 10.00. The number of aryl methyl sites for hydroxylation is 1. The number of aliphatic hydroxyl groups excluding tert-OH is 1. The van der Waals surface area contributed by atoms with E-state index in [1.807, 2.05) is 13.8 Å². The second kappa shape index (κ2) is 8.63. The molecule has 1 N–H and O–H groups in total. The average molecular weight is 306 g/mol. The largest absolute Gasteiger partial charge is 0.389 e. The highest BCUT2D eigenvalue weighted by atomic mass is 16.5. The van der Waals surface area contributed by atoms with Crippen LogP contribution in [-0.4, -0.2) is 66.4 Å². The van der Waals surface area contributed by atoms with E-state index >= 15 is 0 Å². The van der Waals surface area contributed by atoms with Crippen molar-refractivity contribution in [3.63, 3.8) is 0 Å². The molecule has 0 saturated carbocycles. The van der Waals surface area contributed by atoms with Gasteiger partial charge in [0.15, 0.2) is 0 Å². The zero-order valence-electron chi connectivity index (χ0n) is 14.2. The minimum atomic E-state index is -0.383. The highest BCUT2D eigenvalue weighted by Gasteiger charge is 2.19. The Balaban J connectivity index is 1.68. The van der Waals surface area contributed by atoms with Gasteiger partial charge >= 0.3 is 0 Å². The molecule has 4 nitrogen and oxygen atoms in total. The van der Waals surface area contributed by atoms with Gasteiger partial charge in [0.05, 0.1) is 18.8 Å². The van der Waals surface area contributed by atoms with Crippen LogP contribution in [0.25, 0.3) is 0 Å². The normalized spacial score (nSPS) is 18.8. The molecule has 0 bridgehead atoms. The third kappa shape index (κ3) is 6.05. The van der Waals surface area contributed by atoms with Crippen molar-refractivity contribution in [3.05, 3.63) is 35.4 Å². The summed E-state index contributed by atoms with van der Waals surface area (Å²) in [6.45, 7) is 12.4. The molecule has 1 aromatic rings. The molecule has 0 aliphatic carbocycles. The van der Waals surface area contributed by atoms with Crippen LogP contribution in [0, 0.1) is 6.92 Å². The van der Waals surface area contributed by atoms with Crippen LogP contribution in [0.3, 0.4) is 0 Å². The van der Waals surface area contributed by atoms with E-state index in [-0.39, 0.29) is 12.2 Å². The second-order valence-corrected chi connectivity index (χ2v) is 6.60. The Morgan fingerprint density at radius 1 is 1.05 bits per heavy atom. The predicted molar refractivity (Wildman–Crippen MR) is 90.0 cm³/mol. The highest BCUT2D eigenvalue weighted by Crippen LogP contribution is 2.10. The second-order valence-electron chi connectivity index (χ2n) is 6.60. The monoisotopic (exact) mass is 306 g/mol. The number of aliphatic hydroxyl groups is 1. The molecule has 1 atom stereocenters. The number of rotatable bonds is 7. The topological polar surface area (TPSA) is 35.9 Å². The smallest absolute Gasteiger partial charge is 0.0900 e. The summed E-state index contributed by atoms with van der Waals surface area (Å²) < 4.78 is 5.47. The Kier molecular flexibility index (Phi) is 6.83. The maximum Gasteiger partial charge on any atom is 0.0900 e. The number of β-amino-alcohol motifs (C(OH)–C–C–N with tert-alkyl or cyclic N) is 1. The lowest BCUT2D eigenvalue weighted by atomic mass is 10.1. The third-order valence-electron chi connectivity index (χ3n) is 4.08. The van der Waals surface area contributed by atoms with Gasteiger partial charge in [0, 0.05) is 39.3 Å². The van der Waals surface area contributed by atoms with Gasteiger partial charge in [-0.25, -0.2) is 0 Å². The average Bonchev–Trinajstić information content (AvgIpc) is 2.49. The van der Waals surface area contributed by atoms with Crippen molar-refractivity contribution in [1.29, 1.82) is 0 Å². The van der Waals surface area contributed by atoms with E-state index in [9.17, 15) is 5.11 Å². The van der Waals surface area contributed by atoms with Crippen molar-refractivity contribution in [1.82, 2.24) is 9.80 Å². The van der Waals surface area contributed by atoms with Crippen LogP contribution in [0.4, 0.5) is 0 Å². The number of nitrogens with zero attached hydrogens (tertiary/aromatic N) is 2. The molecule has 1 aromatic carbocycles. The zero-order chi connectivity index (χ0) is 15.9. The molecule has 1 aliphatic heterocycles. The number of benzene rings is 1. The van der Waals surface area contributed by atoms with Gasteiger partial charge in [-0.2, -0.15) is 0 Å². The molecule has 1 saturated heterocycles. The first kappa shape index (κ1) is 17.4. The van der Waals surface area contributed by atoms with E-state index in [4.69, 9.17) is 4.74 Å². The SMILES string of the molecule is Cc1ccc(CN2CCN(CC(O)COC(C)C)CC2)cc1. The van der Waals surface area contributed by atoms with E-state index in [1.165, 1.54) is 11.1 Å². The number of piperazine rings is 1. The standard InChI is InChI=1S/C18H30N2O2/c1-15(2)22-14-18(21)13-20-10-8-19(9-11-20)12-17-6-4-16(3)5-7-17/h4-7,15,18,21H,8-14H2,1-3H3. The van der Waals surface area contributed by atoms with E-state index in [2.05, 4.69) is 41.0 Å². The molecule has 1 aliphatic rings. The molecule has 0 radical (unpaired) electrons. The molecule has 0 aromatic heterocycles. The van der Waals surface area contributed by atoms with Crippen LogP contribution < -0.4 is 0 Å². The minimum absolute atomic E-state index is 0.181. The Morgan fingerprint density at radius 2 is 1.64 bits per heavy atom. The molecule has 0 spiro atoms. The van der Waals surface area contributed by atoms with Crippen LogP contribution in [0.2, 0.25) is 0 Å².